The van der Waals surface area contributed by atoms with Gasteiger partial charge in [0.1, 0.15) is 0 Å². The minimum Gasteiger partial charge on any atom is -0.454 e. The van der Waals surface area contributed by atoms with Crippen molar-refractivity contribution in [1.29, 1.82) is 0 Å². The molecule has 1 aliphatic rings. The van der Waals surface area contributed by atoms with Crippen molar-refractivity contribution in [2.45, 2.75) is 33.3 Å². The van der Waals surface area contributed by atoms with E-state index >= 15 is 0 Å². The molecular formula is C23H24N2O5. The van der Waals surface area contributed by atoms with E-state index in [2.05, 4.69) is 5.43 Å². The summed E-state index contributed by atoms with van der Waals surface area (Å²) in [5.74, 6) is -2.49. The molecule has 1 heterocycles. The molecule has 7 heteroatoms. The number of amides is 2. The van der Waals surface area contributed by atoms with E-state index in [9.17, 15) is 19.2 Å². The van der Waals surface area contributed by atoms with E-state index in [-0.39, 0.29) is 24.7 Å². The Morgan fingerprint density at radius 2 is 1.73 bits per heavy atom. The van der Waals surface area contributed by atoms with E-state index in [0.29, 0.717) is 11.1 Å². The first-order chi connectivity index (χ1) is 14.3. The number of hydrazine groups is 1. The van der Waals surface area contributed by atoms with Crippen LogP contribution in [0.4, 0.5) is 0 Å². The summed E-state index contributed by atoms with van der Waals surface area (Å²) in [6, 6.07) is 14.0. The molecule has 2 aromatic carbocycles. The highest BCUT2D eigenvalue weighted by molar-refractivity contribution is 6.01. The van der Waals surface area contributed by atoms with Crippen LogP contribution in [0.5, 0.6) is 0 Å². The number of aryl methyl sites for hydroxylation is 2. The summed E-state index contributed by atoms with van der Waals surface area (Å²) in [4.78, 5) is 49.6. The van der Waals surface area contributed by atoms with E-state index in [4.69, 9.17) is 4.74 Å². The number of carbonyl (C=O) groups excluding carboxylic acids is 4. The van der Waals surface area contributed by atoms with Crippen LogP contribution in [0.25, 0.3) is 0 Å². The Balaban J connectivity index is 1.58. The Morgan fingerprint density at radius 1 is 1.07 bits per heavy atom. The average Bonchev–Trinajstić information content (AvgIpc) is 3.08. The molecule has 0 aliphatic carbocycles. The first-order valence-electron chi connectivity index (χ1n) is 9.74. The van der Waals surface area contributed by atoms with Crippen molar-refractivity contribution < 1.29 is 23.9 Å². The van der Waals surface area contributed by atoms with Gasteiger partial charge in [0.2, 0.25) is 11.7 Å². The third-order valence-electron chi connectivity index (χ3n) is 5.08. The van der Waals surface area contributed by atoms with Crippen molar-refractivity contribution in [2.75, 3.05) is 6.54 Å². The van der Waals surface area contributed by atoms with Crippen LogP contribution in [0, 0.1) is 19.8 Å². The monoisotopic (exact) mass is 408 g/mol. The van der Waals surface area contributed by atoms with Gasteiger partial charge in [0.15, 0.2) is 6.10 Å². The van der Waals surface area contributed by atoms with Crippen LogP contribution in [0.2, 0.25) is 0 Å². The van der Waals surface area contributed by atoms with Gasteiger partial charge in [0.25, 0.3) is 5.91 Å². The van der Waals surface area contributed by atoms with Gasteiger partial charge in [-0.05, 0) is 32.4 Å². The van der Waals surface area contributed by atoms with Gasteiger partial charge in [-0.1, -0.05) is 48.0 Å². The zero-order valence-corrected chi connectivity index (χ0v) is 17.2. The molecule has 2 unspecified atom stereocenters. The first kappa shape index (κ1) is 21.2. The largest absolute Gasteiger partial charge is 0.454 e. The van der Waals surface area contributed by atoms with Crippen LogP contribution < -0.4 is 5.43 Å². The van der Waals surface area contributed by atoms with Gasteiger partial charge >= 0.3 is 5.97 Å². The number of ether oxygens (including phenoxy) is 1. The summed E-state index contributed by atoms with van der Waals surface area (Å²) in [6.07, 6.45) is -1.05. The molecule has 0 aromatic heterocycles. The second kappa shape index (κ2) is 8.90. The number of Topliss-reactive ketones (excluding diaryl/α,β-unsaturated/α-hetero) is 1. The van der Waals surface area contributed by atoms with Gasteiger partial charge in [0, 0.05) is 17.5 Å². The fraction of sp³-hybridized carbons (Fsp3) is 0.304. The van der Waals surface area contributed by atoms with Crippen LogP contribution in [0.15, 0.2) is 48.5 Å². The predicted molar refractivity (Wildman–Crippen MR) is 110 cm³/mol. The maximum atomic E-state index is 12.5. The van der Waals surface area contributed by atoms with Crippen LogP contribution in [0.3, 0.4) is 0 Å². The van der Waals surface area contributed by atoms with Crippen LogP contribution in [0.1, 0.15) is 45.2 Å². The van der Waals surface area contributed by atoms with Crippen molar-refractivity contribution in [2.24, 2.45) is 5.92 Å². The Hall–Kier alpha value is -3.48. The lowest BCUT2D eigenvalue weighted by atomic mass is 10.1. The molecule has 2 atom stereocenters. The van der Waals surface area contributed by atoms with E-state index in [1.165, 1.54) is 6.92 Å². The summed E-state index contributed by atoms with van der Waals surface area (Å²) in [6.45, 7) is 5.22. The summed E-state index contributed by atoms with van der Waals surface area (Å²) in [5.41, 5.74) is 5.26. The van der Waals surface area contributed by atoms with Gasteiger partial charge < -0.3 is 4.74 Å². The van der Waals surface area contributed by atoms with Crippen molar-refractivity contribution in [1.82, 2.24) is 10.4 Å². The molecule has 0 radical (unpaired) electrons. The van der Waals surface area contributed by atoms with Crippen molar-refractivity contribution >= 4 is 23.6 Å². The maximum Gasteiger partial charge on any atom is 0.312 e. The van der Waals surface area contributed by atoms with Crippen LogP contribution in [-0.4, -0.2) is 41.2 Å². The molecule has 2 amide bonds. The van der Waals surface area contributed by atoms with E-state index < -0.39 is 23.9 Å². The van der Waals surface area contributed by atoms with Crippen LogP contribution >= 0.6 is 0 Å². The van der Waals surface area contributed by atoms with E-state index in [0.717, 1.165) is 16.1 Å². The van der Waals surface area contributed by atoms with Gasteiger partial charge in [-0.2, -0.15) is 0 Å². The van der Waals surface area contributed by atoms with Crippen molar-refractivity contribution in [3.63, 3.8) is 0 Å². The molecule has 7 nitrogen and oxygen atoms in total. The predicted octanol–water partition coefficient (Wildman–Crippen LogP) is 2.61. The highest BCUT2D eigenvalue weighted by atomic mass is 16.5. The van der Waals surface area contributed by atoms with Gasteiger partial charge in [0.05, 0.1) is 12.5 Å². The Kier molecular flexibility index (Phi) is 6.30. The zero-order valence-electron chi connectivity index (χ0n) is 17.2. The summed E-state index contributed by atoms with van der Waals surface area (Å²) in [7, 11) is 0. The van der Waals surface area contributed by atoms with Gasteiger partial charge in [-0.25, -0.2) is 0 Å². The van der Waals surface area contributed by atoms with E-state index in [1.54, 1.807) is 37.3 Å². The fourth-order valence-corrected chi connectivity index (χ4v) is 3.26. The number of carbonyl (C=O) groups is 4. The molecule has 3 rings (SSSR count). The first-order valence-corrected chi connectivity index (χ1v) is 9.74. The molecule has 1 saturated heterocycles. The number of rotatable bonds is 6. The fourth-order valence-electron chi connectivity index (χ4n) is 3.26. The number of ketones is 1. The highest BCUT2D eigenvalue weighted by Crippen LogP contribution is 2.20. The number of hydrogen-bond acceptors (Lipinski definition) is 5. The van der Waals surface area contributed by atoms with Gasteiger partial charge in [-0.3, -0.25) is 29.6 Å². The molecule has 1 N–H and O–H groups in total. The lowest BCUT2D eigenvalue weighted by Crippen LogP contribution is -2.43. The highest BCUT2D eigenvalue weighted by Gasteiger charge is 2.37. The third kappa shape index (κ3) is 4.74. The molecule has 156 valence electrons. The quantitative estimate of drug-likeness (QED) is 0.586. The summed E-state index contributed by atoms with van der Waals surface area (Å²) >= 11 is 0. The lowest BCUT2D eigenvalue weighted by Gasteiger charge is -2.19. The van der Waals surface area contributed by atoms with E-state index in [1.807, 2.05) is 25.1 Å². The lowest BCUT2D eigenvalue weighted by molar-refractivity contribution is -0.151. The molecule has 0 saturated carbocycles. The number of hydrogen-bond donors (Lipinski definition) is 1. The van der Waals surface area contributed by atoms with Gasteiger partial charge in [-0.15, -0.1) is 0 Å². The number of nitrogens with one attached hydrogen (secondary N) is 1. The van der Waals surface area contributed by atoms with Crippen molar-refractivity contribution in [3.8, 4) is 0 Å². The third-order valence-corrected chi connectivity index (χ3v) is 5.08. The molecule has 1 fully saturated rings. The Labute approximate surface area is 175 Å². The smallest absolute Gasteiger partial charge is 0.312 e. The summed E-state index contributed by atoms with van der Waals surface area (Å²) < 4.78 is 5.31. The maximum absolute atomic E-state index is 12.5. The standard InChI is InChI=1S/C23H24N2O5/c1-14-8-10-17(11-9-14)21(27)16(3)30-23(29)18-12-20(26)25(13-18)24-22(28)19-7-5-4-6-15(19)2/h4-11,16,18H,12-13H2,1-3H3,(H,24,28). The number of esters is 1. The zero-order chi connectivity index (χ0) is 21.8. The molecule has 1 aliphatic heterocycles. The molecule has 0 bridgehead atoms. The molecular weight excluding hydrogens is 384 g/mol. The molecule has 30 heavy (non-hydrogen) atoms. The van der Waals surface area contributed by atoms with Crippen molar-refractivity contribution in [3.05, 3.63) is 70.8 Å². The summed E-state index contributed by atoms with van der Waals surface area (Å²) in [5, 5.41) is 1.13. The minimum atomic E-state index is -0.967. The normalized spacial score (nSPS) is 16.8. The van der Waals surface area contributed by atoms with Crippen LogP contribution in [-0.2, 0) is 14.3 Å². The topological polar surface area (TPSA) is 92.8 Å². The molecule has 2 aromatic rings. The second-order valence-corrected chi connectivity index (χ2v) is 7.47. The average molecular weight is 408 g/mol. The Morgan fingerprint density at radius 3 is 2.40 bits per heavy atom. The Bertz CT molecular complexity index is 983. The second-order valence-electron chi connectivity index (χ2n) is 7.47. The number of nitrogens with zero attached hydrogens (tertiary/aromatic N) is 1. The molecule has 0 spiro atoms. The number of benzene rings is 2. The minimum absolute atomic E-state index is 0.000724. The SMILES string of the molecule is Cc1ccc(C(=O)C(C)OC(=O)C2CC(=O)N(NC(=O)c3ccccc3C)C2)cc1.